The molecule has 0 radical (unpaired) electrons. The molecule has 0 saturated carbocycles. The molecule has 0 spiro atoms. The number of amides is 1. The third kappa shape index (κ3) is 4.70. The van der Waals surface area contributed by atoms with E-state index in [9.17, 15) is 9.18 Å². The molecule has 1 amide bonds. The van der Waals surface area contributed by atoms with Crippen LogP contribution in [0, 0.1) is 5.82 Å². The lowest BCUT2D eigenvalue weighted by Gasteiger charge is -2.09. The van der Waals surface area contributed by atoms with Gasteiger partial charge in [0.1, 0.15) is 5.82 Å². The van der Waals surface area contributed by atoms with Crippen LogP contribution in [0.15, 0.2) is 42.5 Å². The second kappa shape index (κ2) is 8.13. The van der Waals surface area contributed by atoms with Gasteiger partial charge < -0.3 is 10.6 Å². The molecule has 6 heteroatoms. The van der Waals surface area contributed by atoms with Crippen LogP contribution in [0.1, 0.15) is 5.56 Å². The van der Waals surface area contributed by atoms with Crippen LogP contribution in [0.5, 0.6) is 0 Å². The molecule has 0 aromatic heterocycles. The summed E-state index contributed by atoms with van der Waals surface area (Å²) in [6.07, 6.45) is 0.512. The summed E-state index contributed by atoms with van der Waals surface area (Å²) in [5.41, 5.74) is 1.09. The molecule has 0 unspecified atom stereocenters. The lowest BCUT2D eigenvalue weighted by Crippen LogP contribution is -2.29. The maximum absolute atomic E-state index is 13.4. The van der Waals surface area contributed by atoms with Gasteiger partial charge in [-0.05, 0) is 36.7 Å². The molecule has 0 bridgehead atoms. The molecule has 0 atom stereocenters. The highest BCUT2D eigenvalue weighted by atomic mass is 35.5. The molecule has 0 heterocycles. The molecule has 2 aromatic rings. The Morgan fingerprint density at radius 1 is 1.09 bits per heavy atom. The van der Waals surface area contributed by atoms with Crippen molar-refractivity contribution in [1.82, 2.24) is 5.32 Å². The van der Waals surface area contributed by atoms with Gasteiger partial charge >= 0.3 is 0 Å². The number of rotatable bonds is 6. The Morgan fingerprint density at radius 3 is 2.64 bits per heavy atom. The molecule has 22 heavy (non-hydrogen) atoms. The van der Waals surface area contributed by atoms with Crippen molar-refractivity contribution < 1.29 is 9.18 Å². The van der Waals surface area contributed by atoms with E-state index < -0.39 is 0 Å². The van der Waals surface area contributed by atoms with Gasteiger partial charge in [0.15, 0.2) is 0 Å². The van der Waals surface area contributed by atoms with Crippen LogP contribution in [0.25, 0.3) is 0 Å². The highest BCUT2D eigenvalue weighted by Gasteiger charge is 2.08. The van der Waals surface area contributed by atoms with E-state index in [2.05, 4.69) is 10.6 Å². The number of benzene rings is 2. The van der Waals surface area contributed by atoms with Gasteiger partial charge in [-0.1, -0.05) is 47.5 Å². The number of nitrogens with one attached hydrogen (secondary N) is 2. The summed E-state index contributed by atoms with van der Waals surface area (Å²) in [6.45, 7) is 0.606. The zero-order valence-corrected chi connectivity index (χ0v) is 13.2. The highest BCUT2D eigenvalue weighted by Crippen LogP contribution is 2.29. The summed E-state index contributed by atoms with van der Waals surface area (Å²) in [5, 5.41) is 6.32. The van der Waals surface area contributed by atoms with Gasteiger partial charge in [0.05, 0.1) is 22.3 Å². The smallest absolute Gasteiger partial charge is 0.238 e. The minimum absolute atomic E-state index is 0.108. The third-order valence-electron chi connectivity index (χ3n) is 3.04. The zero-order chi connectivity index (χ0) is 15.9. The van der Waals surface area contributed by atoms with Crippen LogP contribution in [0.2, 0.25) is 10.0 Å². The predicted octanol–water partition coefficient (Wildman–Crippen LogP) is 3.90. The summed E-state index contributed by atoms with van der Waals surface area (Å²) >= 11 is 11.9. The molecule has 0 aliphatic carbocycles. The molecule has 0 saturated heterocycles. The first-order chi connectivity index (χ1) is 10.6. The topological polar surface area (TPSA) is 41.1 Å². The van der Waals surface area contributed by atoms with Crippen LogP contribution < -0.4 is 10.6 Å². The summed E-state index contributed by atoms with van der Waals surface area (Å²) in [6, 6.07) is 11.6. The Labute approximate surface area is 138 Å². The average molecular weight is 341 g/mol. The van der Waals surface area contributed by atoms with Crippen LogP contribution >= 0.6 is 23.2 Å². The lowest BCUT2D eigenvalue weighted by atomic mass is 10.1. The van der Waals surface area contributed by atoms with Gasteiger partial charge in [0.25, 0.3) is 0 Å². The molecule has 2 aromatic carbocycles. The summed E-state index contributed by atoms with van der Waals surface area (Å²) in [5.74, 6) is -0.475. The summed E-state index contributed by atoms with van der Waals surface area (Å²) in [7, 11) is 0. The van der Waals surface area contributed by atoms with E-state index in [4.69, 9.17) is 23.2 Å². The lowest BCUT2D eigenvalue weighted by molar-refractivity contribution is -0.115. The fraction of sp³-hybridized carbons (Fsp3) is 0.188. The van der Waals surface area contributed by atoms with E-state index in [1.807, 2.05) is 0 Å². The number of halogens is 3. The maximum atomic E-state index is 13.4. The van der Waals surface area contributed by atoms with Crippen molar-refractivity contribution in [2.45, 2.75) is 6.42 Å². The Hall–Kier alpha value is -1.62. The van der Waals surface area contributed by atoms with Gasteiger partial charge in [-0.25, -0.2) is 4.39 Å². The van der Waals surface area contributed by atoms with E-state index in [0.29, 0.717) is 34.3 Å². The van der Waals surface area contributed by atoms with Crippen molar-refractivity contribution in [3.05, 3.63) is 63.9 Å². The quantitative estimate of drug-likeness (QED) is 0.783. The normalized spacial score (nSPS) is 10.5. The van der Waals surface area contributed by atoms with Crippen molar-refractivity contribution >= 4 is 34.8 Å². The van der Waals surface area contributed by atoms with Crippen LogP contribution in [-0.2, 0) is 11.2 Å². The molecule has 2 N–H and O–H groups in total. The first-order valence-electron chi connectivity index (χ1n) is 6.76. The first-order valence-corrected chi connectivity index (χ1v) is 7.51. The Balaban J connectivity index is 1.76. The molecule has 2 rings (SSSR count). The number of hydrogen-bond acceptors (Lipinski definition) is 2. The Bertz CT molecular complexity index is 664. The first kappa shape index (κ1) is 16.7. The van der Waals surface area contributed by atoms with E-state index >= 15 is 0 Å². The van der Waals surface area contributed by atoms with Crippen LogP contribution in [0.3, 0.4) is 0 Å². The molecular weight excluding hydrogens is 326 g/mol. The number of hydrogen-bond donors (Lipinski definition) is 2. The maximum Gasteiger partial charge on any atom is 0.238 e. The number of anilines is 1. The van der Waals surface area contributed by atoms with E-state index in [-0.39, 0.29) is 18.3 Å². The fourth-order valence-corrected chi connectivity index (χ4v) is 2.27. The van der Waals surface area contributed by atoms with Gasteiger partial charge in [0.2, 0.25) is 5.91 Å². The third-order valence-corrected chi connectivity index (χ3v) is 3.86. The summed E-state index contributed by atoms with van der Waals surface area (Å²) < 4.78 is 13.4. The van der Waals surface area contributed by atoms with E-state index in [1.54, 1.807) is 36.4 Å². The molecular formula is C16H15Cl2FN2O. The monoisotopic (exact) mass is 340 g/mol. The van der Waals surface area contributed by atoms with E-state index in [0.717, 1.165) is 0 Å². The van der Waals surface area contributed by atoms with Crippen LogP contribution in [-0.4, -0.2) is 19.0 Å². The van der Waals surface area contributed by atoms with Gasteiger partial charge in [-0.2, -0.15) is 0 Å². The SMILES string of the molecule is O=C(CNCCc1ccccc1F)Nc1cccc(Cl)c1Cl. The highest BCUT2D eigenvalue weighted by molar-refractivity contribution is 6.43. The molecule has 0 aliphatic rings. The van der Waals surface area contributed by atoms with Crippen LogP contribution in [0.4, 0.5) is 10.1 Å². The minimum atomic E-state index is -0.238. The summed E-state index contributed by atoms with van der Waals surface area (Å²) in [4.78, 5) is 11.8. The van der Waals surface area contributed by atoms with Gasteiger partial charge in [-0.3, -0.25) is 4.79 Å². The fourth-order valence-electron chi connectivity index (χ4n) is 1.92. The second-order valence-electron chi connectivity index (χ2n) is 4.67. The van der Waals surface area contributed by atoms with Crippen molar-refractivity contribution in [2.75, 3.05) is 18.4 Å². The van der Waals surface area contributed by atoms with Gasteiger partial charge in [-0.15, -0.1) is 0 Å². The Morgan fingerprint density at radius 2 is 1.86 bits per heavy atom. The van der Waals surface area contributed by atoms with Crippen molar-refractivity contribution in [3.63, 3.8) is 0 Å². The average Bonchev–Trinajstić information content (AvgIpc) is 2.50. The van der Waals surface area contributed by atoms with E-state index in [1.165, 1.54) is 6.07 Å². The Kier molecular flexibility index (Phi) is 6.19. The minimum Gasteiger partial charge on any atom is -0.324 e. The standard InChI is InChI=1S/C16H15Cl2FN2O/c17-12-5-3-7-14(16(12)18)21-15(22)10-20-9-8-11-4-1-2-6-13(11)19/h1-7,20H,8-10H2,(H,21,22). The second-order valence-corrected chi connectivity index (χ2v) is 5.45. The molecule has 116 valence electrons. The van der Waals surface area contributed by atoms with Gasteiger partial charge in [0, 0.05) is 0 Å². The van der Waals surface area contributed by atoms with Crippen molar-refractivity contribution in [3.8, 4) is 0 Å². The van der Waals surface area contributed by atoms with Crippen molar-refractivity contribution in [2.24, 2.45) is 0 Å². The van der Waals surface area contributed by atoms with Crippen molar-refractivity contribution in [1.29, 1.82) is 0 Å². The zero-order valence-electron chi connectivity index (χ0n) is 11.7. The number of carbonyl (C=O) groups excluding carboxylic acids is 1. The number of carbonyl (C=O) groups is 1. The molecule has 0 aliphatic heterocycles. The molecule has 0 fully saturated rings. The predicted molar refractivity (Wildman–Crippen MR) is 88.1 cm³/mol. The largest absolute Gasteiger partial charge is 0.324 e. The molecule has 3 nitrogen and oxygen atoms in total.